The van der Waals surface area contributed by atoms with Crippen molar-refractivity contribution in [3.63, 3.8) is 0 Å². The Morgan fingerprint density at radius 2 is 1.88 bits per heavy atom. The second-order valence-electron chi connectivity index (χ2n) is 5.34. The summed E-state index contributed by atoms with van der Waals surface area (Å²) in [5.74, 6) is -0.457. The van der Waals surface area contributed by atoms with Crippen molar-refractivity contribution in [2.24, 2.45) is 0 Å². The SMILES string of the molecule is CCN(CC)C(=O)c1ccnc(C(=O)Nc2ccc(C)cc2Br)c1. The van der Waals surface area contributed by atoms with E-state index in [1.54, 1.807) is 11.0 Å². The summed E-state index contributed by atoms with van der Waals surface area (Å²) in [4.78, 5) is 30.6. The highest BCUT2D eigenvalue weighted by Crippen LogP contribution is 2.23. The lowest BCUT2D eigenvalue weighted by Gasteiger charge is -2.18. The summed E-state index contributed by atoms with van der Waals surface area (Å²) in [5, 5.41) is 2.80. The van der Waals surface area contributed by atoms with Crippen molar-refractivity contribution in [2.75, 3.05) is 18.4 Å². The van der Waals surface area contributed by atoms with E-state index >= 15 is 0 Å². The molecule has 0 spiro atoms. The van der Waals surface area contributed by atoms with Crippen LogP contribution in [0.2, 0.25) is 0 Å². The average Bonchev–Trinajstić information content (AvgIpc) is 2.58. The maximum atomic E-state index is 12.4. The van der Waals surface area contributed by atoms with Crippen molar-refractivity contribution in [3.05, 3.63) is 57.8 Å². The van der Waals surface area contributed by atoms with Crippen LogP contribution in [0.15, 0.2) is 41.0 Å². The van der Waals surface area contributed by atoms with E-state index in [0.29, 0.717) is 24.3 Å². The Balaban J connectivity index is 2.21. The minimum atomic E-state index is -0.353. The van der Waals surface area contributed by atoms with Crippen molar-refractivity contribution in [2.45, 2.75) is 20.8 Å². The standard InChI is InChI=1S/C18H20BrN3O2/c1-4-22(5-2)18(24)13-8-9-20-16(11-13)17(23)21-15-7-6-12(3)10-14(15)19/h6-11H,4-5H2,1-3H3,(H,21,23). The van der Waals surface area contributed by atoms with Crippen LogP contribution in [0, 0.1) is 6.92 Å². The van der Waals surface area contributed by atoms with E-state index in [2.05, 4.69) is 26.2 Å². The first-order valence-electron chi connectivity index (χ1n) is 7.79. The van der Waals surface area contributed by atoms with Crippen molar-refractivity contribution in [1.82, 2.24) is 9.88 Å². The molecule has 2 aromatic rings. The summed E-state index contributed by atoms with van der Waals surface area (Å²) in [7, 11) is 0. The van der Waals surface area contributed by atoms with Gasteiger partial charge in [0.1, 0.15) is 5.69 Å². The lowest BCUT2D eigenvalue weighted by molar-refractivity contribution is 0.0773. The zero-order valence-corrected chi connectivity index (χ0v) is 15.6. The third kappa shape index (κ3) is 4.20. The Hall–Kier alpha value is -2.21. The van der Waals surface area contributed by atoms with Gasteiger partial charge >= 0.3 is 0 Å². The number of hydrogen-bond donors (Lipinski definition) is 1. The zero-order valence-electron chi connectivity index (χ0n) is 14.0. The molecule has 6 heteroatoms. The lowest BCUT2D eigenvalue weighted by atomic mass is 10.2. The number of nitrogens with one attached hydrogen (secondary N) is 1. The van der Waals surface area contributed by atoms with Gasteiger partial charge in [-0.05, 0) is 66.5 Å². The normalized spacial score (nSPS) is 10.3. The number of pyridine rings is 1. The molecule has 0 aliphatic carbocycles. The van der Waals surface area contributed by atoms with E-state index < -0.39 is 0 Å². The van der Waals surface area contributed by atoms with Gasteiger partial charge in [0, 0.05) is 29.3 Å². The molecule has 0 atom stereocenters. The van der Waals surface area contributed by atoms with Gasteiger partial charge < -0.3 is 10.2 Å². The number of benzene rings is 1. The maximum Gasteiger partial charge on any atom is 0.274 e. The topological polar surface area (TPSA) is 62.3 Å². The molecule has 2 rings (SSSR count). The number of aromatic nitrogens is 1. The summed E-state index contributed by atoms with van der Waals surface area (Å²) < 4.78 is 0.797. The largest absolute Gasteiger partial charge is 0.339 e. The Kier molecular flexibility index (Phi) is 6.09. The lowest BCUT2D eigenvalue weighted by Crippen LogP contribution is -2.30. The van der Waals surface area contributed by atoms with Crippen LogP contribution in [0.25, 0.3) is 0 Å². The van der Waals surface area contributed by atoms with Crippen LogP contribution < -0.4 is 5.32 Å². The highest BCUT2D eigenvalue weighted by Gasteiger charge is 2.16. The predicted octanol–water partition coefficient (Wildman–Crippen LogP) is 3.89. The fourth-order valence-electron chi connectivity index (χ4n) is 2.29. The van der Waals surface area contributed by atoms with E-state index in [4.69, 9.17) is 0 Å². The minimum Gasteiger partial charge on any atom is -0.339 e. The zero-order chi connectivity index (χ0) is 17.7. The molecule has 0 aliphatic rings. The molecule has 1 N–H and O–H groups in total. The van der Waals surface area contributed by atoms with Gasteiger partial charge in [-0.2, -0.15) is 0 Å². The van der Waals surface area contributed by atoms with Gasteiger partial charge in [0.2, 0.25) is 0 Å². The van der Waals surface area contributed by atoms with Gasteiger partial charge in [-0.1, -0.05) is 6.07 Å². The molecule has 2 amide bonds. The van der Waals surface area contributed by atoms with Crippen LogP contribution in [0.1, 0.15) is 40.3 Å². The van der Waals surface area contributed by atoms with Crippen molar-refractivity contribution in [1.29, 1.82) is 0 Å². The number of rotatable bonds is 5. The molecule has 0 radical (unpaired) electrons. The summed E-state index contributed by atoms with van der Waals surface area (Å²) in [6, 6.07) is 8.80. The second kappa shape index (κ2) is 8.06. The minimum absolute atomic E-state index is 0.104. The van der Waals surface area contributed by atoms with Gasteiger partial charge in [0.25, 0.3) is 11.8 Å². The molecule has 24 heavy (non-hydrogen) atoms. The number of hydrogen-bond acceptors (Lipinski definition) is 3. The van der Waals surface area contributed by atoms with Gasteiger partial charge in [0.05, 0.1) is 5.69 Å². The molecule has 0 fully saturated rings. The molecule has 1 heterocycles. The third-order valence-electron chi connectivity index (χ3n) is 3.66. The highest BCUT2D eigenvalue weighted by atomic mass is 79.9. The van der Waals surface area contributed by atoms with Crippen molar-refractivity contribution < 1.29 is 9.59 Å². The first kappa shape index (κ1) is 18.1. The number of anilines is 1. The van der Waals surface area contributed by atoms with E-state index in [1.807, 2.05) is 39.0 Å². The van der Waals surface area contributed by atoms with Gasteiger partial charge in [0.15, 0.2) is 0 Å². The summed E-state index contributed by atoms with van der Waals surface area (Å²) in [5.41, 5.74) is 2.42. The van der Waals surface area contributed by atoms with Gasteiger partial charge in [-0.15, -0.1) is 0 Å². The second-order valence-corrected chi connectivity index (χ2v) is 6.20. The molecule has 0 aliphatic heterocycles. The van der Waals surface area contributed by atoms with E-state index in [-0.39, 0.29) is 17.5 Å². The molecule has 0 saturated heterocycles. The van der Waals surface area contributed by atoms with E-state index in [9.17, 15) is 9.59 Å². The Morgan fingerprint density at radius 3 is 2.50 bits per heavy atom. The van der Waals surface area contributed by atoms with Crippen molar-refractivity contribution >= 4 is 33.4 Å². The van der Waals surface area contributed by atoms with Crippen LogP contribution in [-0.4, -0.2) is 34.8 Å². The summed E-state index contributed by atoms with van der Waals surface area (Å²) in [6.07, 6.45) is 1.48. The predicted molar refractivity (Wildman–Crippen MR) is 98.3 cm³/mol. The van der Waals surface area contributed by atoms with Crippen LogP contribution in [0.3, 0.4) is 0 Å². The van der Waals surface area contributed by atoms with E-state index in [0.717, 1.165) is 10.0 Å². The highest BCUT2D eigenvalue weighted by molar-refractivity contribution is 9.10. The van der Waals surface area contributed by atoms with Crippen molar-refractivity contribution in [3.8, 4) is 0 Å². The van der Waals surface area contributed by atoms with Crippen LogP contribution in [0.5, 0.6) is 0 Å². The Morgan fingerprint density at radius 1 is 1.17 bits per heavy atom. The van der Waals surface area contributed by atoms with Gasteiger partial charge in [-0.25, -0.2) is 0 Å². The first-order valence-corrected chi connectivity index (χ1v) is 8.58. The molecular formula is C18H20BrN3O2. The molecular weight excluding hydrogens is 370 g/mol. The first-order chi connectivity index (χ1) is 11.5. The monoisotopic (exact) mass is 389 g/mol. The molecule has 1 aromatic heterocycles. The maximum absolute atomic E-state index is 12.4. The molecule has 0 unspecified atom stereocenters. The van der Waals surface area contributed by atoms with Crippen LogP contribution in [0.4, 0.5) is 5.69 Å². The van der Waals surface area contributed by atoms with Crippen LogP contribution >= 0.6 is 15.9 Å². The summed E-state index contributed by atoms with van der Waals surface area (Å²) >= 11 is 3.43. The average molecular weight is 390 g/mol. The molecule has 126 valence electrons. The smallest absolute Gasteiger partial charge is 0.274 e. The third-order valence-corrected chi connectivity index (χ3v) is 4.32. The number of halogens is 1. The van der Waals surface area contributed by atoms with Gasteiger partial charge in [-0.3, -0.25) is 14.6 Å². The number of carbonyl (C=O) groups excluding carboxylic acids is 2. The molecule has 1 aromatic carbocycles. The number of nitrogens with zero attached hydrogens (tertiary/aromatic N) is 2. The quantitative estimate of drug-likeness (QED) is 0.843. The molecule has 5 nitrogen and oxygen atoms in total. The summed E-state index contributed by atoms with van der Waals surface area (Å²) in [6.45, 7) is 7.06. The number of amides is 2. The Bertz CT molecular complexity index is 758. The Labute approximate surface area is 150 Å². The number of carbonyl (C=O) groups is 2. The fourth-order valence-corrected chi connectivity index (χ4v) is 2.88. The molecule has 0 bridgehead atoms. The van der Waals surface area contributed by atoms with Crippen LogP contribution in [-0.2, 0) is 0 Å². The fraction of sp³-hybridized carbons (Fsp3) is 0.278. The number of aryl methyl sites for hydroxylation is 1. The molecule has 0 saturated carbocycles. The van der Waals surface area contributed by atoms with E-state index in [1.165, 1.54) is 12.3 Å².